The number of esters is 1. The molecule has 1 atom stereocenters. The van der Waals surface area contributed by atoms with Crippen LogP contribution in [0.25, 0.3) is 11.1 Å². The van der Waals surface area contributed by atoms with Gasteiger partial charge in [-0.15, -0.1) is 0 Å². The van der Waals surface area contributed by atoms with Gasteiger partial charge in [-0.2, -0.15) is 0 Å². The largest absolute Gasteiger partial charge is 0.449 e. The number of nitrogens with zero attached hydrogens (tertiary/aromatic N) is 2. The predicted molar refractivity (Wildman–Crippen MR) is 116 cm³/mol. The maximum atomic E-state index is 12.7. The molecule has 2 heterocycles. The molecule has 32 heavy (non-hydrogen) atoms. The van der Waals surface area contributed by atoms with Crippen molar-refractivity contribution in [2.24, 2.45) is 7.05 Å². The van der Waals surface area contributed by atoms with Gasteiger partial charge in [0.15, 0.2) is 6.10 Å². The van der Waals surface area contributed by atoms with Gasteiger partial charge < -0.3 is 24.4 Å². The van der Waals surface area contributed by atoms with Crippen LogP contribution in [0, 0.1) is 20.8 Å². The molecule has 10 heteroatoms. The number of furan rings is 1. The van der Waals surface area contributed by atoms with E-state index in [4.69, 9.17) is 9.15 Å². The Morgan fingerprint density at radius 2 is 1.84 bits per heavy atom. The number of carbonyl (C=O) groups is 3. The third-order valence-corrected chi connectivity index (χ3v) is 4.97. The zero-order valence-corrected chi connectivity index (χ0v) is 18.4. The summed E-state index contributed by atoms with van der Waals surface area (Å²) >= 11 is 0. The topological polar surface area (TPSA) is 133 Å². The fourth-order valence-electron chi connectivity index (χ4n) is 3.21. The van der Waals surface area contributed by atoms with Gasteiger partial charge in [-0.1, -0.05) is 18.2 Å². The number of carbonyl (C=O) groups excluding carboxylic acids is 3. The molecule has 2 amide bonds. The Balaban J connectivity index is 1.64. The van der Waals surface area contributed by atoms with Crippen LogP contribution in [-0.2, 0) is 21.4 Å². The molecular weight excluding hydrogens is 416 g/mol. The van der Waals surface area contributed by atoms with Crippen molar-refractivity contribution in [3.05, 3.63) is 57.3 Å². The fourth-order valence-corrected chi connectivity index (χ4v) is 3.21. The Morgan fingerprint density at radius 1 is 1.19 bits per heavy atom. The minimum absolute atomic E-state index is 0.0119. The first-order valence-electron chi connectivity index (χ1n) is 9.89. The molecule has 1 aromatic carbocycles. The van der Waals surface area contributed by atoms with Crippen molar-refractivity contribution >= 4 is 34.6 Å². The van der Waals surface area contributed by atoms with Crippen molar-refractivity contribution in [1.82, 2.24) is 14.9 Å². The molecule has 10 nitrogen and oxygen atoms in total. The van der Waals surface area contributed by atoms with Gasteiger partial charge in [0.05, 0.1) is 6.54 Å². The number of ether oxygens (including phenoxy) is 1. The summed E-state index contributed by atoms with van der Waals surface area (Å²) < 4.78 is 11.8. The SMILES string of the molecule is Cc1cccc(C)c1NC(=O)CNC(=O)C(C)OC(=O)c1c(C)oc2ncn(C)c(=O)c12. The van der Waals surface area contributed by atoms with E-state index in [9.17, 15) is 19.2 Å². The zero-order valence-electron chi connectivity index (χ0n) is 18.4. The summed E-state index contributed by atoms with van der Waals surface area (Å²) in [5.41, 5.74) is 1.94. The van der Waals surface area contributed by atoms with Crippen LogP contribution < -0.4 is 16.2 Å². The number of para-hydroxylation sites is 1. The van der Waals surface area contributed by atoms with Gasteiger partial charge >= 0.3 is 5.97 Å². The molecular formula is C22H24N4O6. The molecule has 0 aliphatic rings. The van der Waals surface area contributed by atoms with Crippen molar-refractivity contribution in [1.29, 1.82) is 0 Å². The lowest BCUT2D eigenvalue weighted by Gasteiger charge is -2.14. The van der Waals surface area contributed by atoms with E-state index in [0.29, 0.717) is 5.69 Å². The van der Waals surface area contributed by atoms with Gasteiger partial charge in [-0.05, 0) is 38.8 Å². The van der Waals surface area contributed by atoms with Crippen LogP contribution in [0.5, 0.6) is 0 Å². The third kappa shape index (κ3) is 4.53. The lowest BCUT2D eigenvalue weighted by atomic mass is 10.1. The van der Waals surface area contributed by atoms with E-state index in [0.717, 1.165) is 11.1 Å². The van der Waals surface area contributed by atoms with E-state index < -0.39 is 29.4 Å². The van der Waals surface area contributed by atoms with Crippen LogP contribution in [0.2, 0.25) is 0 Å². The standard InChI is InChI=1S/C22H24N4O6/c1-11-7-6-8-12(2)18(11)25-15(27)9-23-19(28)14(4)32-22(30)16-13(3)31-20-17(16)21(29)26(5)10-24-20/h6-8,10,14H,9H2,1-5H3,(H,23,28)(H,25,27). The molecule has 1 unspecified atom stereocenters. The number of amides is 2. The zero-order chi connectivity index (χ0) is 23.6. The summed E-state index contributed by atoms with van der Waals surface area (Å²) in [6, 6.07) is 5.62. The van der Waals surface area contributed by atoms with E-state index in [-0.39, 0.29) is 29.0 Å². The smallest absolute Gasteiger partial charge is 0.343 e. The molecule has 0 bridgehead atoms. The summed E-state index contributed by atoms with van der Waals surface area (Å²) in [5.74, 6) is -1.82. The van der Waals surface area contributed by atoms with Crippen molar-refractivity contribution < 1.29 is 23.5 Å². The van der Waals surface area contributed by atoms with E-state index in [1.54, 1.807) is 0 Å². The number of fused-ring (bicyclic) bond motifs is 1. The Labute approximate surface area is 183 Å². The number of nitrogens with one attached hydrogen (secondary N) is 2. The van der Waals surface area contributed by atoms with Crippen molar-refractivity contribution in [2.45, 2.75) is 33.8 Å². The molecule has 0 aliphatic carbocycles. The van der Waals surface area contributed by atoms with Crippen LogP contribution in [0.3, 0.4) is 0 Å². The molecule has 2 aromatic heterocycles. The van der Waals surface area contributed by atoms with Crippen LogP contribution in [0.4, 0.5) is 5.69 Å². The lowest BCUT2D eigenvalue weighted by Crippen LogP contribution is -2.40. The summed E-state index contributed by atoms with van der Waals surface area (Å²) in [5, 5.41) is 5.18. The highest BCUT2D eigenvalue weighted by molar-refractivity contribution is 6.04. The van der Waals surface area contributed by atoms with Gasteiger partial charge in [0.2, 0.25) is 11.6 Å². The molecule has 3 rings (SSSR count). The van der Waals surface area contributed by atoms with Gasteiger partial charge in [-0.25, -0.2) is 9.78 Å². The van der Waals surface area contributed by atoms with Gasteiger partial charge in [0.25, 0.3) is 11.5 Å². The second-order valence-electron chi connectivity index (χ2n) is 7.45. The van der Waals surface area contributed by atoms with Crippen molar-refractivity contribution in [3.63, 3.8) is 0 Å². The van der Waals surface area contributed by atoms with Crippen LogP contribution in [-0.4, -0.2) is 40.0 Å². The predicted octanol–water partition coefficient (Wildman–Crippen LogP) is 1.75. The molecule has 0 fully saturated rings. The number of hydrogen-bond donors (Lipinski definition) is 2. The van der Waals surface area contributed by atoms with E-state index in [1.807, 2.05) is 32.0 Å². The number of aryl methyl sites for hydroxylation is 4. The number of hydrogen-bond acceptors (Lipinski definition) is 7. The molecule has 0 saturated carbocycles. The molecule has 0 radical (unpaired) electrons. The molecule has 0 aliphatic heterocycles. The highest BCUT2D eigenvalue weighted by atomic mass is 16.5. The number of aromatic nitrogens is 2. The summed E-state index contributed by atoms with van der Waals surface area (Å²) in [6.07, 6.45) is 0.0720. The monoisotopic (exact) mass is 440 g/mol. The average molecular weight is 440 g/mol. The molecule has 2 N–H and O–H groups in total. The second kappa shape index (κ2) is 9.04. The minimum atomic E-state index is -1.21. The molecule has 0 saturated heterocycles. The Hall–Kier alpha value is -3.95. The van der Waals surface area contributed by atoms with Crippen LogP contribution >= 0.6 is 0 Å². The summed E-state index contributed by atoms with van der Waals surface area (Å²) in [4.78, 5) is 53.6. The summed E-state index contributed by atoms with van der Waals surface area (Å²) in [7, 11) is 1.49. The average Bonchev–Trinajstić information content (AvgIpc) is 3.08. The third-order valence-electron chi connectivity index (χ3n) is 4.97. The van der Waals surface area contributed by atoms with Crippen molar-refractivity contribution in [3.8, 4) is 0 Å². The second-order valence-corrected chi connectivity index (χ2v) is 7.45. The normalized spacial score (nSPS) is 11.8. The number of rotatable bonds is 6. The first-order chi connectivity index (χ1) is 15.1. The van der Waals surface area contributed by atoms with E-state index >= 15 is 0 Å². The molecule has 168 valence electrons. The molecule has 3 aromatic rings. The Morgan fingerprint density at radius 3 is 2.50 bits per heavy atom. The van der Waals surface area contributed by atoms with Gasteiger partial charge in [0.1, 0.15) is 23.0 Å². The van der Waals surface area contributed by atoms with Gasteiger partial charge in [-0.3, -0.25) is 14.4 Å². The Kier molecular flexibility index (Phi) is 6.42. The van der Waals surface area contributed by atoms with Crippen LogP contribution in [0.15, 0.2) is 33.7 Å². The first-order valence-corrected chi connectivity index (χ1v) is 9.89. The van der Waals surface area contributed by atoms with Gasteiger partial charge in [0, 0.05) is 12.7 Å². The first kappa shape index (κ1) is 22.7. The van der Waals surface area contributed by atoms with E-state index in [2.05, 4.69) is 15.6 Å². The quantitative estimate of drug-likeness (QED) is 0.558. The fraction of sp³-hybridized carbons (Fsp3) is 0.318. The van der Waals surface area contributed by atoms with Crippen LogP contribution in [0.1, 0.15) is 34.2 Å². The summed E-state index contributed by atoms with van der Waals surface area (Å²) in [6.45, 7) is 6.30. The van der Waals surface area contributed by atoms with E-state index in [1.165, 1.54) is 31.8 Å². The van der Waals surface area contributed by atoms with Crippen molar-refractivity contribution in [2.75, 3.05) is 11.9 Å². The lowest BCUT2D eigenvalue weighted by molar-refractivity contribution is -0.130. The minimum Gasteiger partial charge on any atom is -0.449 e. The maximum Gasteiger partial charge on any atom is 0.343 e. The Bertz CT molecular complexity index is 1250. The number of benzene rings is 1. The highest BCUT2D eigenvalue weighted by Crippen LogP contribution is 2.22. The maximum absolute atomic E-state index is 12.7. The molecule has 0 spiro atoms. The highest BCUT2D eigenvalue weighted by Gasteiger charge is 2.27. The number of anilines is 1.